The molecule has 0 spiro atoms. The molecule has 0 N–H and O–H groups in total. The summed E-state index contributed by atoms with van der Waals surface area (Å²) in [6.45, 7) is 0.204. The van der Waals surface area contributed by atoms with Gasteiger partial charge in [0.25, 0.3) is 0 Å². The third-order valence-corrected chi connectivity index (χ3v) is 12.8. The Hall–Kier alpha value is -9.33. The predicted octanol–water partition coefficient (Wildman–Crippen LogP) is 8.70. The van der Waals surface area contributed by atoms with Crippen LogP contribution in [0.4, 0.5) is 0 Å². The van der Waals surface area contributed by atoms with E-state index in [0.29, 0.717) is 0 Å². The maximum Gasteiger partial charge on any atom is 0.338 e. The molecule has 2 heterocycles. The van der Waals surface area contributed by atoms with Crippen molar-refractivity contribution in [2.45, 2.75) is 68.3 Å². The second-order valence-corrected chi connectivity index (χ2v) is 18.3. The topological polar surface area (TPSA) is 221 Å². The number of ether oxygens (including phenoxy) is 11. The number of benzene rings is 7. The minimum absolute atomic E-state index is 0.00921. The van der Waals surface area contributed by atoms with Gasteiger partial charge in [0.2, 0.25) is 0 Å². The van der Waals surface area contributed by atoms with Gasteiger partial charge in [-0.15, -0.1) is 0 Å². The van der Waals surface area contributed by atoms with Crippen LogP contribution in [0.2, 0.25) is 0 Å². The van der Waals surface area contributed by atoms with Crippen LogP contribution in [0.3, 0.4) is 0 Å². The molecule has 7 aromatic carbocycles. The molecule has 2 aliphatic heterocycles. The van der Waals surface area contributed by atoms with Crippen LogP contribution >= 0.6 is 0 Å². The molecule has 0 amide bonds. The highest BCUT2D eigenvalue weighted by Gasteiger charge is 2.58. The predicted molar refractivity (Wildman–Crippen MR) is 285 cm³/mol. The first-order chi connectivity index (χ1) is 39.5. The molecular formula is C63H54O18. The maximum absolute atomic E-state index is 14.5. The van der Waals surface area contributed by atoms with Crippen molar-refractivity contribution in [1.82, 2.24) is 0 Å². The van der Waals surface area contributed by atoms with E-state index in [0.717, 1.165) is 0 Å². The Morgan fingerprint density at radius 1 is 0.309 bits per heavy atom. The third kappa shape index (κ3) is 14.5. The second-order valence-electron chi connectivity index (χ2n) is 18.3. The van der Waals surface area contributed by atoms with E-state index >= 15 is 0 Å². The summed E-state index contributed by atoms with van der Waals surface area (Å²) in [5.41, 5.74) is 0.518. The monoisotopic (exact) mass is 1100 g/mol. The zero-order valence-corrected chi connectivity index (χ0v) is 43.5. The summed E-state index contributed by atoms with van der Waals surface area (Å²) >= 11 is 0. The Morgan fingerprint density at radius 2 is 0.556 bits per heavy atom. The van der Waals surface area contributed by atoms with Crippen molar-refractivity contribution in [3.63, 3.8) is 0 Å². The van der Waals surface area contributed by atoms with Crippen LogP contribution in [-0.2, 0) is 52.1 Å². The summed E-state index contributed by atoms with van der Waals surface area (Å²) < 4.78 is 69.6. The lowest BCUT2D eigenvalue weighted by atomic mass is 9.95. The SMILES string of the molecule is CCOC1OC(COC(=O)c2ccccc2)C(OC2OC(COC(=O)c3ccccc3)C(OC(=O)c3ccccc3)C(OC(=O)c3ccccc3)C2OC(=O)c2ccccc2)C(OC(=O)c2ccccc2)C1OC(=O)c1ccccc1. The first-order valence-corrected chi connectivity index (χ1v) is 25.9. The van der Waals surface area contributed by atoms with Crippen LogP contribution in [-0.4, -0.2) is 123 Å². The summed E-state index contributed by atoms with van der Waals surface area (Å²) in [4.78, 5) is 99.5. The van der Waals surface area contributed by atoms with E-state index in [1.807, 2.05) is 0 Å². The molecule has 2 fully saturated rings. The number of rotatable bonds is 20. The third-order valence-electron chi connectivity index (χ3n) is 12.8. The summed E-state index contributed by atoms with van der Waals surface area (Å²) in [6, 6.07) is 55.0. The van der Waals surface area contributed by atoms with E-state index in [4.69, 9.17) is 52.1 Å². The number of hydrogen-bond acceptors (Lipinski definition) is 18. The number of esters is 7. The fraction of sp³-hybridized carbons (Fsp3) is 0.222. The summed E-state index contributed by atoms with van der Waals surface area (Å²) in [5.74, 6) is -6.43. The Labute approximate surface area is 465 Å². The van der Waals surface area contributed by atoms with Crippen molar-refractivity contribution < 1.29 is 85.7 Å². The Balaban J connectivity index is 1.20. The summed E-state index contributed by atoms with van der Waals surface area (Å²) in [6.07, 6.45) is -17.7. The van der Waals surface area contributed by atoms with Crippen molar-refractivity contribution >= 4 is 41.8 Å². The van der Waals surface area contributed by atoms with Crippen molar-refractivity contribution in [1.29, 1.82) is 0 Å². The Bertz CT molecular complexity index is 3210. The number of hydrogen-bond donors (Lipinski definition) is 0. The lowest BCUT2D eigenvalue weighted by molar-refractivity contribution is -0.356. The van der Waals surface area contributed by atoms with E-state index in [9.17, 15) is 33.6 Å². The van der Waals surface area contributed by atoms with Gasteiger partial charge in [-0.2, -0.15) is 0 Å². The van der Waals surface area contributed by atoms with Crippen LogP contribution in [0.15, 0.2) is 212 Å². The van der Waals surface area contributed by atoms with Gasteiger partial charge in [0.05, 0.1) is 38.9 Å². The van der Waals surface area contributed by atoms with Gasteiger partial charge in [-0.1, -0.05) is 127 Å². The first kappa shape index (κ1) is 56.4. The Kier molecular flexibility index (Phi) is 19.2. The number of carbonyl (C=O) groups is 7. The standard InChI is InChI=1S/C63H54O18/c1-2-71-62-53(79-60(69)45-34-20-8-21-35-45)52(78-59(68)44-32-18-7-19-33-44)50(48(74-62)39-73-56(65)41-26-12-4-13-27-41)81-63-54(80-61(70)46-36-22-9-23-37-46)51(77-58(67)43-30-16-6-17-31-43)49(76-57(66)42-28-14-5-15-29-42)47(75-63)38-72-55(64)40-24-10-3-11-25-40/h3-37,47-54,62-63H,2,38-39H2,1H3. The quantitative estimate of drug-likeness (QED) is 0.0514. The molecule has 81 heavy (non-hydrogen) atoms. The molecule has 2 aliphatic rings. The van der Waals surface area contributed by atoms with Gasteiger partial charge >= 0.3 is 41.8 Å². The van der Waals surface area contributed by atoms with Crippen LogP contribution in [0.5, 0.6) is 0 Å². The van der Waals surface area contributed by atoms with Crippen molar-refractivity contribution in [3.05, 3.63) is 251 Å². The molecule has 7 aromatic rings. The molecule has 9 rings (SSSR count). The van der Waals surface area contributed by atoms with E-state index in [2.05, 4.69) is 0 Å². The lowest BCUT2D eigenvalue weighted by Crippen LogP contribution is -2.67. The maximum atomic E-state index is 14.5. The molecule has 0 aliphatic carbocycles. The van der Waals surface area contributed by atoms with Crippen molar-refractivity contribution in [2.24, 2.45) is 0 Å². The second kappa shape index (κ2) is 27.5. The van der Waals surface area contributed by atoms with Gasteiger partial charge in [0.15, 0.2) is 43.1 Å². The highest BCUT2D eigenvalue weighted by Crippen LogP contribution is 2.37. The minimum atomic E-state index is -2.04. The minimum Gasteiger partial charge on any atom is -0.459 e. The zero-order valence-electron chi connectivity index (χ0n) is 43.5. The molecule has 10 atom stereocenters. The molecule has 0 radical (unpaired) electrons. The van der Waals surface area contributed by atoms with E-state index < -0.39 is 116 Å². The largest absolute Gasteiger partial charge is 0.459 e. The molecule has 0 bridgehead atoms. The molecule has 10 unspecified atom stereocenters. The average Bonchev–Trinajstić information content (AvgIpc) is 3.71. The lowest BCUT2D eigenvalue weighted by Gasteiger charge is -2.48. The van der Waals surface area contributed by atoms with Gasteiger partial charge < -0.3 is 52.1 Å². The van der Waals surface area contributed by atoms with Crippen LogP contribution < -0.4 is 0 Å². The highest BCUT2D eigenvalue weighted by molar-refractivity contribution is 5.93. The Morgan fingerprint density at radius 3 is 0.877 bits per heavy atom. The fourth-order valence-electron chi connectivity index (χ4n) is 8.87. The van der Waals surface area contributed by atoms with Gasteiger partial charge in [0, 0.05) is 6.61 Å². The zero-order chi connectivity index (χ0) is 56.5. The number of carbonyl (C=O) groups excluding carboxylic acids is 7. The molecule has 18 nitrogen and oxygen atoms in total. The van der Waals surface area contributed by atoms with Crippen LogP contribution in [0.25, 0.3) is 0 Å². The smallest absolute Gasteiger partial charge is 0.338 e. The van der Waals surface area contributed by atoms with Crippen LogP contribution in [0, 0.1) is 0 Å². The molecule has 18 heteroatoms. The van der Waals surface area contributed by atoms with Gasteiger partial charge in [0.1, 0.15) is 31.5 Å². The molecule has 0 saturated carbocycles. The van der Waals surface area contributed by atoms with E-state index in [1.165, 1.54) is 84.9 Å². The molecule has 0 aromatic heterocycles. The van der Waals surface area contributed by atoms with E-state index in [1.54, 1.807) is 134 Å². The molecule has 414 valence electrons. The first-order valence-electron chi connectivity index (χ1n) is 25.9. The summed E-state index contributed by atoms with van der Waals surface area (Å²) in [7, 11) is 0. The highest BCUT2D eigenvalue weighted by atomic mass is 16.8. The fourth-order valence-corrected chi connectivity index (χ4v) is 8.87. The van der Waals surface area contributed by atoms with E-state index in [-0.39, 0.29) is 45.6 Å². The van der Waals surface area contributed by atoms with Gasteiger partial charge in [-0.05, 0) is 91.9 Å². The van der Waals surface area contributed by atoms with Crippen molar-refractivity contribution in [2.75, 3.05) is 19.8 Å². The van der Waals surface area contributed by atoms with Crippen molar-refractivity contribution in [3.8, 4) is 0 Å². The van der Waals surface area contributed by atoms with Gasteiger partial charge in [-0.25, -0.2) is 33.6 Å². The summed E-state index contributed by atoms with van der Waals surface area (Å²) in [5, 5.41) is 0. The normalized spacial score (nSPS) is 22.1. The van der Waals surface area contributed by atoms with Gasteiger partial charge in [-0.3, -0.25) is 0 Å². The molecule has 2 saturated heterocycles. The van der Waals surface area contributed by atoms with Crippen LogP contribution in [0.1, 0.15) is 79.4 Å². The molecular weight excluding hydrogens is 1040 g/mol. The average molecular weight is 1100 g/mol.